The van der Waals surface area contributed by atoms with Gasteiger partial charge in [0.2, 0.25) is 11.8 Å². The number of amides is 2. The van der Waals surface area contributed by atoms with Crippen molar-refractivity contribution in [1.82, 2.24) is 9.78 Å². The van der Waals surface area contributed by atoms with Crippen molar-refractivity contribution in [3.8, 4) is 0 Å². The van der Waals surface area contributed by atoms with E-state index >= 15 is 0 Å². The van der Waals surface area contributed by atoms with Crippen LogP contribution in [0.25, 0.3) is 0 Å². The highest BCUT2D eigenvalue weighted by atomic mass is 16.2. The van der Waals surface area contributed by atoms with Crippen molar-refractivity contribution in [2.75, 3.05) is 16.8 Å². The molecule has 1 aliphatic heterocycles. The molecule has 2 heterocycles. The number of nitrogens with one attached hydrogen (secondary N) is 1. The molecule has 6 heteroatoms. The Morgan fingerprint density at radius 1 is 1.33 bits per heavy atom. The van der Waals surface area contributed by atoms with E-state index in [9.17, 15) is 9.59 Å². The first-order valence-corrected chi connectivity index (χ1v) is 6.78. The van der Waals surface area contributed by atoms with Gasteiger partial charge < -0.3 is 10.2 Å². The van der Waals surface area contributed by atoms with Crippen molar-refractivity contribution < 1.29 is 9.59 Å². The summed E-state index contributed by atoms with van der Waals surface area (Å²) >= 11 is 0. The lowest BCUT2D eigenvalue weighted by Gasteiger charge is -2.16. The highest BCUT2D eigenvalue weighted by molar-refractivity contribution is 6.03. The van der Waals surface area contributed by atoms with Gasteiger partial charge in [-0.2, -0.15) is 5.10 Å². The summed E-state index contributed by atoms with van der Waals surface area (Å²) in [5.41, 5.74) is 1.48. The van der Waals surface area contributed by atoms with E-state index in [1.165, 1.54) is 0 Å². The van der Waals surface area contributed by atoms with Gasteiger partial charge in [0.1, 0.15) is 0 Å². The van der Waals surface area contributed by atoms with Crippen molar-refractivity contribution in [1.29, 1.82) is 0 Å². The van der Waals surface area contributed by atoms with Crippen molar-refractivity contribution >= 4 is 23.2 Å². The lowest BCUT2D eigenvalue weighted by atomic mass is 10.1. The Morgan fingerprint density at radius 3 is 2.76 bits per heavy atom. The Morgan fingerprint density at radius 2 is 2.10 bits per heavy atom. The molecule has 6 nitrogen and oxygen atoms in total. The summed E-state index contributed by atoms with van der Waals surface area (Å²) in [7, 11) is 1.78. The number of anilines is 2. The first kappa shape index (κ1) is 13.4. The van der Waals surface area contributed by atoms with Gasteiger partial charge in [0.05, 0.1) is 17.8 Å². The molecule has 1 N–H and O–H groups in total. The number of aromatic nitrogens is 2. The monoisotopic (exact) mass is 284 g/mol. The van der Waals surface area contributed by atoms with Crippen molar-refractivity contribution in [3.63, 3.8) is 0 Å². The molecule has 0 aliphatic carbocycles. The fourth-order valence-corrected chi connectivity index (χ4v) is 2.47. The van der Waals surface area contributed by atoms with Gasteiger partial charge in [0, 0.05) is 31.9 Å². The second-order valence-electron chi connectivity index (χ2n) is 5.13. The van der Waals surface area contributed by atoms with Crippen LogP contribution in [0.2, 0.25) is 0 Å². The van der Waals surface area contributed by atoms with Crippen LogP contribution in [0.15, 0.2) is 42.7 Å². The first-order valence-electron chi connectivity index (χ1n) is 6.78. The molecule has 1 aromatic carbocycles. The molecule has 0 saturated carbocycles. The van der Waals surface area contributed by atoms with Gasteiger partial charge in [0.25, 0.3) is 0 Å². The molecule has 1 saturated heterocycles. The number of carbonyl (C=O) groups is 2. The summed E-state index contributed by atoms with van der Waals surface area (Å²) in [6, 6.07) is 9.41. The van der Waals surface area contributed by atoms with Gasteiger partial charge in [-0.15, -0.1) is 0 Å². The standard InChI is InChI=1S/C15H16N4O2/c1-18-10-12(8-16-18)17-15(21)11-7-14(20)19(9-11)13-5-3-2-4-6-13/h2-6,8,10-11H,7,9H2,1H3,(H,17,21)/t11-/m1/s1. The van der Waals surface area contributed by atoms with Gasteiger partial charge in [0.15, 0.2) is 0 Å². The summed E-state index contributed by atoms with van der Waals surface area (Å²) in [4.78, 5) is 26.0. The summed E-state index contributed by atoms with van der Waals surface area (Å²) in [6.07, 6.45) is 3.55. The third kappa shape index (κ3) is 2.79. The zero-order chi connectivity index (χ0) is 14.8. The number of nitrogens with zero attached hydrogens (tertiary/aromatic N) is 3. The summed E-state index contributed by atoms with van der Waals surface area (Å²) < 4.78 is 1.62. The number of hydrogen-bond acceptors (Lipinski definition) is 3. The van der Waals surface area contributed by atoms with Gasteiger partial charge in [-0.3, -0.25) is 14.3 Å². The van der Waals surface area contributed by atoms with Crippen LogP contribution in [-0.4, -0.2) is 28.1 Å². The fraction of sp³-hybridized carbons (Fsp3) is 0.267. The average molecular weight is 284 g/mol. The van der Waals surface area contributed by atoms with Crippen molar-refractivity contribution in [3.05, 3.63) is 42.7 Å². The molecular formula is C15H16N4O2. The molecule has 0 unspecified atom stereocenters. The molecule has 1 aromatic heterocycles. The van der Waals surface area contributed by atoms with Crippen molar-refractivity contribution in [2.24, 2.45) is 13.0 Å². The molecule has 108 valence electrons. The van der Waals surface area contributed by atoms with Crippen molar-refractivity contribution in [2.45, 2.75) is 6.42 Å². The molecule has 21 heavy (non-hydrogen) atoms. The maximum atomic E-state index is 12.2. The average Bonchev–Trinajstić information content (AvgIpc) is 3.06. The van der Waals surface area contributed by atoms with Crippen LogP contribution in [0.1, 0.15) is 6.42 Å². The molecule has 2 amide bonds. The van der Waals surface area contributed by atoms with E-state index in [1.54, 1.807) is 29.0 Å². The van der Waals surface area contributed by atoms with E-state index in [-0.39, 0.29) is 24.2 Å². The Bertz CT molecular complexity index is 665. The summed E-state index contributed by atoms with van der Waals surface area (Å²) in [5.74, 6) is -0.500. The topological polar surface area (TPSA) is 67.2 Å². The van der Waals surface area contributed by atoms with Gasteiger partial charge in [-0.05, 0) is 12.1 Å². The number of benzene rings is 1. The SMILES string of the molecule is Cn1cc(NC(=O)[C@@H]2CC(=O)N(c3ccccc3)C2)cn1. The Labute approximate surface area is 122 Å². The van der Waals surface area contributed by atoms with Crippen LogP contribution in [-0.2, 0) is 16.6 Å². The minimum absolute atomic E-state index is 0.0208. The minimum Gasteiger partial charge on any atom is -0.323 e. The zero-order valence-corrected chi connectivity index (χ0v) is 11.7. The van der Waals surface area contributed by atoms with E-state index in [0.29, 0.717) is 12.2 Å². The van der Waals surface area contributed by atoms with E-state index in [2.05, 4.69) is 10.4 Å². The third-order valence-corrected chi connectivity index (χ3v) is 3.54. The number of aryl methyl sites for hydroxylation is 1. The van der Waals surface area contributed by atoms with E-state index in [1.807, 2.05) is 30.3 Å². The smallest absolute Gasteiger partial charge is 0.229 e. The molecule has 1 fully saturated rings. The molecule has 0 spiro atoms. The van der Waals surface area contributed by atoms with Gasteiger partial charge >= 0.3 is 0 Å². The van der Waals surface area contributed by atoms with Crippen LogP contribution < -0.4 is 10.2 Å². The molecule has 0 radical (unpaired) electrons. The van der Waals surface area contributed by atoms with E-state index < -0.39 is 0 Å². The zero-order valence-electron chi connectivity index (χ0n) is 11.7. The first-order chi connectivity index (χ1) is 10.1. The van der Waals surface area contributed by atoms with Crippen LogP contribution in [0, 0.1) is 5.92 Å². The molecule has 3 rings (SSSR count). The largest absolute Gasteiger partial charge is 0.323 e. The van der Waals surface area contributed by atoms with Crippen LogP contribution in [0.3, 0.4) is 0 Å². The predicted octanol–water partition coefficient (Wildman–Crippen LogP) is 1.41. The second kappa shape index (κ2) is 5.40. The Balaban J connectivity index is 1.68. The Kier molecular flexibility index (Phi) is 3.43. The number of rotatable bonds is 3. The summed E-state index contributed by atoms with van der Waals surface area (Å²) in [5, 5.41) is 6.79. The molecule has 1 atom stereocenters. The predicted molar refractivity (Wildman–Crippen MR) is 78.7 cm³/mol. The van der Waals surface area contributed by atoms with Crippen LogP contribution in [0.5, 0.6) is 0 Å². The highest BCUT2D eigenvalue weighted by Gasteiger charge is 2.35. The maximum Gasteiger partial charge on any atom is 0.229 e. The number of hydrogen-bond donors (Lipinski definition) is 1. The lowest BCUT2D eigenvalue weighted by Crippen LogP contribution is -2.28. The second-order valence-corrected chi connectivity index (χ2v) is 5.13. The molecule has 2 aromatic rings. The molecule has 0 bridgehead atoms. The van der Waals surface area contributed by atoms with Crippen LogP contribution in [0.4, 0.5) is 11.4 Å². The van der Waals surface area contributed by atoms with Gasteiger partial charge in [-0.1, -0.05) is 18.2 Å². The maximum absolute atomic E-state index is 12.2. The fourth-order valence-electron chi connectivity index (χ4n) is 2.47. The highest BCUT2D eigenvalue weighted by Crippen LogP contribution is 2.25. The van der Waals surface area contributed by atoms with E-state index in [0.717, 1.165) is 5.69 Å². The van der Waals surface area contributed by atoms with E-state index in [4.69, 9.17) is 0 Å². The molecular weight excluding hydrogens is 268 g/mol. The number of para-hydroxylation sites is 1. The minimum atomic E-state index is -0.335. The van der Waals surface area contributed by atoms with Crippen LogP contribution >= 0.6 is 0 Å². The summed E-state index contributed by atoms with van der Waals surface area (Å²) in [6.45, 7) is 0.412. The lowest BCUT2D eigenvalue weighted by molar-refractivity contribution is -0.122. The Hall–Kier alpha value is -2.63. The molecule has 1 aliphatic rings. The third-order valence-electron chi connectivity index (χ3n) is 3.54. The normalized spacial score (nSPS) is 18.0. The number of carbonyl (C=O) groups excluding carboxylic acids is 2. The van der Waals surface area contributed by atoms with Gasteiger partial charge in [-0.25, -0.2) is 0 Å². The quantitative estimate of drug-likeness (QED) is 0.926.